The molecule has 9 heteroatoms. The van der Waals surface area contributed by atoms with Crippen molar-refractivity contribution in [3.05, 3.63) is 45.7 Å². The van der Waals surface area contributed by atoms with Crippen LogP contribution in [0.2, 0.25) is 0 Å². The van der Waals surface area contributed by atoms with Crippen LogP contribution in [0.25, 0.3) is 0 Å². The van der Waals surface area contributed by atoms with Gasteiger partial charge in [0.05, 0.1) is 14.2 Å². The standard InChI is InChI=1S/C15H14N2O7/c1-8-7-11(12(17(20)21)14(18)16-8)24-15(19)9-5-4-6-10(22-2)13(9)23-3/h4-7,12H,1-3H3. The van der Waals surface area contributed by atoms with Gasteiger partial charge in [0.2, 0.25) is 0 Å². The summed E-state index contributed by atoms with van der Waals surface area (Å²) in [5.74, 6) is -1.89. The normalized spacial score (nSPS) is 16.8. The van der Waals surface area contributed by atoms with Gasteiger partial charge in [0.15, 0.2) is 17.3 Å². The topological polar surface area (TPSA) is 117 Å². The summed E-state index contributed by atoms with van der Waals surface area (Å²) < 4.78 is 15.3. The van der Waals surface area contributed by atoms with E-state index in [-0.39, 0.29) is 17.0 Å². The molecule has 1 amide bonds. The first-order valence-corrected chi connectivity index (χ1v) is 6.76. The Balaban J connectivity index is 2.37. The monoisotopic (exact) mass is 334 g/mol. The third kappa shape index (κ3) is 3.24. The Hall–Kier alpha value is -3.23. The predicted molar refractivity (Wildman–Crippen MR) is 81.9 cm³/mol. The lowest BCUT2D eigenvalue weighted by molar-refractivity contribution is -0.501. The number of esters is 1. The van der Waals surface area contributed by atoms with Gasteiger partial charge in [-0.05, 0) is 19.1 Å². The highest BCUT2D eigenvalue weighted by atomic mass is 16.6. The molecule has 1 unspecified atom stereocenters. The quantitative estimate of drug-likeness (QED) is 0.453. The molecule has 0 aromatic heterocycles. The number of aliphatic imine (C=N–C) groups is 1. The highest BCUT2D eigenvalue weighted by molar-refractivity contribution is 6.07. The van der Waals surface area contributed by atoms with E-state index in [0.29, 0.717) is 5.75 Å². The highest BCUT2D eigenvalue weighted by Gasteiger charge is 2.40. The molecular formula is C15H14N2O7. The smallest absolute Gasteiger partial charge is 0.348 e. The lowest BCUT2D eigenvalue weighted by Gasteiger charge is -2.16. The first-order chi connectivity index (χ1) is 11.4. The molecule has 0 spiro atoms. The number of dihydropyridines is 1. The number of allylic oxidation sites excluding steroid dienone is 1. The summed E-state index contributed by atoms with van der Waals surface area (Å²) in [4.78, 5) is 37.8. The molecule has 1 aromatic rings. The number of para-hydroxylation sites is 1. The molecule has 1 aromatic carbocycles. The number of nitrogens with zero attached hydrogens (tertiary/aromatic N) is 2. The Labute approximate surface area is 136 Å². The van der Waals surface area contributed by atoms with Crippen molar-refractivity contribution in [1.29, 1.82) is 0 Å². The van der Waals surface area contributed by atoms with Crippen molar-refractivity contribution in [2.24, 2.45) is 4.99 Å². The van der Waals surface area contributed by atoms with Crippen molar-refractivity contribution < 1.29 is 28.7 Å². The second-order valence-corrected chi connectivity index (χ2v) is 4.76. The molecular weight excluding hydrogens is 320 g/mol. The van der Waals surface area contributed by atoms with Gasteiger partial charge in [-0.25, -0.2) is 9.79 Å². The van der Waals surface area contributed by atoms with E-state index in [1.807, 2.05) is 0 Å². The van der Waals surface area contributed by atoms with E-state index in [1.165, 1.54) is 39.4 Å². The van der Waals surface area contributed by atoms with Crippen LogP contribution in [0.3, 0.4) is 0 Å². The molecule has 1 atom stereocenters. The fourth-order valence-corrected chi connectivity index (χ4v) is 2.16. The van der Waals surface area contributed by atoms with Crippen LogP contribution < -0.4 is 9.47 Å². The number of nitro groups is 1. The summed E-state index contributed by atoms with van der Waals surface area (Å²) in [5, 5.41) is 11.1. The van der Waals surface area contributed by atoms with Crippen LogP contribution in [0.1, 0.15) is 17.3 Å². The van der Waals surface area contributed by atoms with Gasteiger partial charge in [0.25, 0.3) is 0 Å². The zero-order valence-electron chi connectivity index (χ0n) is 13.1. The molecule has 0 aliphatic carbocycles. The number of amides is 1. The molecule has 0 fully saturated rings. The molecule has 0 saturated heterocycles. The highest BCUT2D eigenvalue weighted by Crippen LogP contribution is 2.32. The minimum Gasteiger partial charge on any atom is -0.493 e. The van der Waals surface area contributed by atoms with Gasteiger partial charge in [-0.1, -0.05) is 6.07 Å². The van der Waals surface area contributed by atoms with Gasteiger partial charge in [-0.2, -0.15) is 0 Å². The molecule has 0 N–H and O–H groups in total. The van der Waals surface area contributed by atoms with E-state index in [9.17, 15) is 19.7 Å². The van der Waals surface area contributed by atoms with Gasteiger partial charge < -0.3 is 14.2 Å². The first-order valence-electron chi connectivity index (χ1n) is 6.76. The van der Waals surface area contributed by atoms with Crippen molar-refractivity contribution in [3.8, 4) is 11.5 Å². The largest absolute Gasteiger partial charge is 0.493 e. The van der Waals surface area contributed by atoms with Gasteiger partial charge in [0.1, 0.15) is 5.56 Å². The van der Waals surface area contributed by atoms with Gasteiger partial charge >= 0.3 is 17.9 Å². The second kappa shape index (κ2) is 6.90. The zero-order chi connectivity index (χ0) is 17.9. The predicted octanol–water partition coefficient (Wildman–Crippen LogP) is 1.39. The summed E-state index contributed by atoms with van der Waals surface area (Å²) in [6.45, 7) is 1.47. The number of hydrogen-bond donors (Lipinski definition) is 0. The fraction of sp³-hybridized carbons (Fsp3) is 0.267. The average Bonchev–Trinajstić information content (AvgIpc) is 2.52. The number of benzene rings is 1. The van der Waals surface area contributed by atoms with Crippen LogP contribution in [0.15, 0.2) is 35.0 Å². The van der Waals surface area contributed by atoms with Gasteiger partial charge in [0, 0.05) is 16.7 Å². The van der Waals surface area contributed by atoms with Crippen molar-refractivity contribution >= 4 is 17.6 Å². The Morgan fingerprint density at radius 2 is 2.00 bits per heavy atom. The third-order valence-electron chi connectivity index (χ3n) is 3.19. The van der Waals surface area contributed by atoms with E-state index in [1.54, 1.807) is 6.07 Å². The average molecular weight is 334 g/mol. The first kappa shape index (κ1) is 17.1. The molecule has 0 bridgehead atoms. The summed E-state index contributed by atoms with van der Waals surface area (Å²) >= 11 is 0. The van der Waals surface area contributed by atoms with Crippen LogP contribution in [0, 0.1) is 10.1 Å². The van der Waals surface area contributed by atoms with E-state index >= 15 is 0 Å². The minimum absolute atomic E-state index is 0.00691. The summed E-state index contributed by atoms with van der Waals surface area (Å²) in [7, 11) is 2.74. The Morgan fingerprint density at radius 3 is 2.58 bits per heavy atom. The third-order valence-corrected chi connectivity index (χ3v) is 3.19. The van der Waals surface area contributed by atoms with Crippen molar-refractivity contribution in [3.63, 3.8) is 0 Å². The molecule has 2 rings (SSSR count). The maximum atomic E-state index is 12.4. The van der Waals surface area contributed by atoms with E-state index in [4.69, 9.17) is 14.2 Å². The van der Waals surface area contributed by atoms with Crippen LogP contribution in [-0.4, -0.2) is 42.8 Å². The van der Waals surface area contributed by atoms with E-state index in [2.05, 4.69) is 4.99 Å². The number of carbonyl (C=O) groups excluding carboxylic acids is 2. The van der Waals surface area contributed by atoms with Crippen LogP contribution >= 0.6 is 0 Å². The maximum absolute atomic E-state index is 12.4. The number of ether oxygens (including phenoxy) is 3. The lowest BCUT2D eigenvalue weighted by atomic mass is 10.1. The molecule has 1 heterocycles. The molecule has 126 valence electrons. The number of carbonyl (C=O) groups is 2. The lowest BCUT2D eigenvalue weighted by Crippen LogP contribution is -2.35. The molecule has 1 aliphatic rings. The SMILES string of the molecule is COc1cccc(C(=O)OC2=CC(C)=NC(=O)C2[N+](=O)[O-])c1OC. The van der Waals surface area contributed by atoms with Crippen molar-refractivity contribution in [2.45, 2.75) is 13.0 Å². The molecule has 0 radical (unpaired) electrons. The maximum Gasteiger partial charge on any atom is 0.348 e. The molecule has 24 heavy (non-hydrogen) atoms. The van der Waals surface area contributed by atoms with Gasteiger partial charge in [-0.3, -0.25) is 14.9 Å². The molecule has 9 nitrogen and oxygen atoms in total. The van der Waals surface area contributed by atoms with Crippen LogP contribution in [0.4, 0.5) is 0 Å². The zero-order valence-corrected chi connectivity index (χ0v) is 13.1. The molecule has 0 saturated carbocycles. The number of rotatable bonds is 5. The van der Waals surface area contributed by atoms with Crippen molar-refractivity contribution in [1.82, 2.24) is 0 Å². The Bertz CT molecular complexity index is 767. The van der Waals surface area contributed by atoms with Crippen molar-refractivity contribution in [2.75, 3.05) is 14.2 Å². The summed E-state index contributed by atoms with van der Waals surface area (Å²) in [6, 6.07) is 2.68. The Morgan fingerprint density at radius 1 is 1.29 bits per heavy atom. The fourth-order valence-electron chi connectivity index (χ4n) is 2.16. The second-order valence-electron chi connectivity index (χ2n) is 4.76. The molecule has 1 aliphatic heterocycles. The van der Waals surface area contributed by atoms with Gasteiger partial charge in [-0.15, -0.1) is 0 Å². The van der Waals surface area contributed by atoms with E-state index in [0.717, 1.165) is 0 Å². The van der Waals surface area contributed by atoms with Crippen LogP contribution in [-0.2, 0) is 9.53 Å². The van der Waals surface area contributed by atoms with E-state index < -0.39 is 28.6 Å². The Kier molecular flexibility index (Phi) is 4.93. The summed E-state index contributed by atoms with van der Waals surface area (Å²) in [5.41, 5.74) is 0.214. The number of hydrogen-bond acceptors (Lipinski definition) is 7. The number of methoxy groups -OCH3 is 2. The minimum atomic E-state index is -1.85. The van der Waals surface area contributed by atoms with Crippen LogP contribution in [0.5, 0.6) is 11.5 Å². The summed E-state index contributed by atoms with van der Waals surface area (Å²) in [6.07, 6.45) is 1.18.